The van der Waals surface area contributed by atoms with Gasteiger partial charge in [-0.05, 0) is 26.7 Å². The molecule has 0 spiro atoms. The molecule has 0 bridgehead atoms. The number of imidazole rings is 1. The van der Waals surface area contributed by atoms with Crippen LogP contribution >= 0.6 is 0 Å². The molecule has 2 aromatic rings. The van der Waals surface area contributed by atoms with Crippen molar-refractivity contribution < 1.29 is 4.79 Å². The van der Waals surface area contributed by atoms with Crippen molar-refractivity contribution in [2.75, 3.05) is 13.1 Å². The van der Waals surface area contributed by atoms with E-state index < -0.39 is 0 Å². The number of aryl methyl sites for hydroxylation is 2. The number of nitrogens with one attached hydrogen (secondary N) is 1. The Labute approximate surface area is 134 Å². The first kappa shape index (κ1) is 15.5. The van der Waals surface area contributed by atoms with Gasteiger partial charge in [0, 0.05) is 44.1 Å². The Balaban J connectivity index is 1.69. The van der Waals surface area contributed by atoms with E-state index in [0.29, 0.717) is 24.8 Å². The monoisotopic (exact) mass is 315 g/mol. The molecule has 0 radical (unpaired) electrons. The van der Waals surface area contributed by atoms with E-state index in [9.17, 15) is 9.59 Å². The van der Waals surface area contributed by atoms with Crippen molar-refractivity contribution in [3.63, 3.8) is 0 Å². The fourth-order valence-electron chi connectivity index (χ4n) is 3.10. The van der Waals surface area contributed by atoms with Crippen LogP contribution in [0.15, 0.2) is 23.4 Å². The number of aromatic amines is 1. The Morgan fingerprint density at radius 1 is 1.35 bits per heavy atom. The number of likely N-dealkylation sites (tertiary alicyclic amines) is 1. The zero-order valence-corrected chi connectivity index (χ0v) is 13.5. The van der Waals surface area contributed by atoms with Crippen LogP contribution in [0.2, 0.25) is 0 Å². The summed E-state index contributed by atoms with van der Waals surface area (Å²) in [5.41, 5.74) is -0.254. The summed E-state index contributed by atoms with van der Waals surface area (Å²) in [4.78, 5) is 37.2. The lowest BCUT2D eigenvalue weighted by atomic mass is 9.95. The maximum Gasteiger partial charge on any atom is 0.263 e. The molecule has 1 amide bonds. The summed E-state index contributed by atoms with van der Waals surface area (Å²) in [7, 11) is 0. The summed E-state index contributed by atoms with van der Waals surface area (Å²) in [6, 6.07) is 0. The van der Waals surface area contributed by atoms with E-state index in [1.807, 2.05) is 12.4 Å². The SMILES string of the molecule is CCn1ccnc1C1CCN(C(=O)c2cnc(C)[nH]c2=O)CC1. The summed E-state index contributed by atoms with van der Waals surface area (Å²) in [6.07, 6.45) is 6.91. The van der Waals surface area contributed by atoms with Crippen LogP contribution in [0.1, 0.15) is 47.7 Å². The molecule has 3 heterocycles. The maximum absolute atomic E-state index is 12.5. The third-order valence-corrected chi connectivity index (χ3v) is 4.39. The molecule has 0 atom stereocenters. The number of H-pyrrole nitrogens is 1. The minimum atomic E-state index is -0.369. The van der Waals surface area contributed by atoms with Crippen molar-refractivity contribution in [1.29, 1.82) is 0 Å². The van der Waals surface area contributed by atoms with Gasteiger partial charge in [0.25, 0.3) is 11.5 Å². The Morgan fingerprint density at radius 3 is 2.74 bits per heavy atom. The third kappa shape index (κ3) is 3.04. The van der Waals surface area contributed by atoms with Crippen molar-refractivity contribution in [2.45, 2.75) is 39.2 Å². The predicted molar refractivity (Wildman–Crippen MR) is 85.4 cm³/mol. The second-order valence-electron chi connectivity index (χ2n) is 5.85. The largest absolute Gasteiger partial charge is 0.338 e. The zero-order chi connectivity index (χ0) is 16.4. The average molecular weight is 315 g/mol. The summed E-state index contributed by atoms with van der Waals surface area (Å²) < 4.78 is 2.15. The fraction of sp³-hybridized carbons (Fsp3) is 0.500. The van der Waals surface area contributed by atoms with E-state index in [4.69, 9.17) is 0 Å². The highest BCUT2D eigenvalue weighted by molar-refractivity contribution is 5.93. The molecule has 2 aromatic heterocycles. The first-order chi connectivity index (χ1) is 11.1. The third-order valence-electron chi connectivity index (χ3n) is 4.39. The van der Waals surface area contributed by atoms with E-state index in [1.54, 1.807) is 11.8 Å². The topological polar surface area (TPSA) is 83.9 Å². The number of amides is 1. The lowest BCUT2D eigenvalue weighted by Gasteiger charge is -2.31. The van der Waals surface area contributed by atoms with E-state index in [2.05, 4.69) is 26.4 Å². The Hall–Kier alpha value is -2.44. The van der Waals surface area contributed by atoms with Crippen LogP contribution in [0.4, 0.5) is 0 Å². The number of carbonyl (C=O) groups is 1. The van der Waals surface area contributed by atoms with Gasteiger partial charge in [-0.15, -0.1) is 0 Å². The number of piperidine rings is 1. The normalized spacial score (nSPS) is 15.8. The Bertz CT molecular complexity index is 756. The molecule has 1 saturated heterocycles. The Morgan fingerprint density at radius 2 is 2.09 bits per heavy atom. The van der Waals surface area contributed by atoms with Gasteiger partial charge >= 0.3 is 0 Å². The summed E-state index contributed by atoms with van der Waals surface area (Å²) in [5, 5.41) is 0. The molecule has 1 fully saturated rings. The number of hydrogen-bond acceptors (Lipinski definition) is 4. The van der Waals surface area contributed by atoms with Crippen LogP contribution in [-0.4, -0.2) is 43.4 Å². The van der Waals surface area contributed by atoms with Crippen molar-refractivity contribution in [1.82, 2.24) is 24.4 Å². The minimum absolute atomic E-state index is 0.115. The number of aromatic nitrogens is 4. The minimum Gasteiger partial charge on any atom is -0.338 e. The van der Waals surface area contributed by atoms with Crippen LogP contribution in [0.25, 0.3) is 0 Å². The number of rotatable bonds is 3. The number of nitrogens with zero attached hydrogens (tertiary/aromatic N) is 4. The fourth-order valence-corrected chi connectivity index (χ4v) is 3.10. The highest BCUT2D eigenvalue weighted by Gasteiger charge is 2.27. The van der Waals surface area contributed by atoms with Gasteiger partial charge in [-0.25, -0.2) is 9.97 Å². The van der Waals surface area contributed by atoms with Crippen molar-refractivity contribution in [3.05, 3.63) is 46.2 Å². The molecular weight excluding hydrogens is 294 g/mol. The summed E-state index contributed by atoms with van der Waals surface area (Å²) in [5.74, 6) is 1.73. The van der Waals surface area contributed by atoms with Gasteiger partial charge in [-0.2, -0.15) is 0 Å². The van der Waals surface area contributed by atoms with E-state index >= 15 is 0 Å². The molecule has 0 unspecified atom stereocenters. The van der Waals surface area contributed by atoms with Gasteiger partial charge in [-0.1, -0.05) is 0 Å². The molecule has 0 aliphatic carbocycles. The molecule has 1 aliphatic rings. The van der Waals surface area contributed by atoms with Crippen LogP contribution in [0.3, 0.4) is 0 Å². The standard InChI is InChI=1S/C16H21N5O2/c1-3-20-9-6-17-14(20)12-4-7-21(8-5-12)16(23)13-10-18-11(2)19-15(13)22/h6,9-10,12H,3-5,7-8H2,1-2H3,(H,18,19,22). The van der Waals surface area contributed by atoms with Crippen LogP contribution in [0, 0.1) is 6.92 Å². The summed E-state index contributed by atoms with van der Waals surface area (Å²) in [6.45, 7) is 5.96. The van der Waals surface area contributed by atoms with Gasteiger partial charge in [-0.3, -0.25) is 9.59 Å². The lowest BCUT2D eigenvalue weighted by molar-refractivity contribution is 0.0708. The van der Waals surface area contributed by atoms with Crippen LogP contribution < -0.4 is 5.56 Å². The molecule has 7 heteroatoms. The van der Waals surface area contributed by atoms with Crippen LogP contribution in [0.5, 0.6) is 0 Å². The van der Waals surface area contributed by atoms with Gasteiger partial charge in [0.15, 0.2) is 0 Å². The number of hydrogen-bond donors (Lipinski definition) is 1. The van der Waals surface area contributed by atoms with E-state index in [-0.39, 0.29) is 17.0 Å². The molecule has 1 N–H and O–H groups in total. The maximum atomic E-state index is 12.5. The lowest BCUT2D eigenvalue weighted by Crippen LogP contribution is -2.40. The van der Waals surface area contributed by atoms with Crippen molar-refractivity contribution >= 4 is 5.91 Å². The zero-order valence-electron chi connectivity index (χ0n) is 13.5. The second kappa shape index (κ2) is 6.36. The van der Waals surface area contributed by atoms with E-state index in [1.165, 1.54) is 6.20 Å². The average Bonchev–Trinajstić information content (AvgIpc) is 3.03. The first-order valence-electron chi connectivity index (χ1n) is 7.96. The van der Waals surface area contributed by atoms with Gasteiger partial charge in [0.05, 0.1) is 0 Å². The smallest absolute Gasteiger partial charge is 0.263 e. The molecule has 3 rings (SSSR count). The number of carbonyl (C=O) groups excluding carboxylic acids is 1. The first-order valence-corrected chi connectivity index (χ1v) is 7.96. The van der Waals surface area contributed by atoms with Gasteiger partial charge < -0.3 is 14.5 Å². The van der Waals surface area contributed by atoms with Crippen molar-refractivity contribution in [3.8, 4) is 0 Å². The quantitative estimate of drug-likeness (QED) is 0.925. The molecule has 1 aliphatic heterocycles. The summed E-state index contributed by atoms with van der Waals surface area (Å²) >= 11 is 0. The highest BCUT2D eigenvalue weighted by atomic mass is 16.2. The predicted octanol–water partition coefficient (Wildman–Crippen LogP) is 1.31. The Kier molecular flexibility index (Phi) is 4.27. The molecular formula is C16H21N5O2. The van der Waals surface area contributed by atoms with Crippen LogP contribution in [-0.2, 0) is 6.54 Å². The van der Waals surface area contributed by atoms with E-state index in [0.717, 1.165) is 25.2 Å². The molecule has 23 heavy (non-hydrogen) atoms. The second-order valence-corrected chi connectivity index (χ2v) is 5.85. The molecule has 0 aromatic carbocycles. The van der Waals surface area contributed by atoms with Gasteiger partial charge in [0.1, 0.15) is 17.2 Å². The molecule has 7 nitrogen and oxygen atoms in total. The van der Waals surface area contributed by atoms with Crippen molar-refractivity contribution in [2.24, 2.45) is 0 Å². The van der Waals surface area contributed by atoms with Gasteiger partial charge in [0.2, 0.25) is 0 Å². The molecule has 0 saturated carbocycles. The highest BCUT2D eigenvalue weighted by Crippen LogP contribution is 2.27. The molecule has 122 valence electrons.